The first-order valence-corrected chi connectivity index (χ1v) is 7.99. The molecule has 0 radical (unpaired) electrons. The van der Waals surface area contributed by atoms with E-state index in [-0.39, 0.29) is 10.8 Å². The largest absolute Gasteiger partial charge is 0.506 e. The van der Waals surface area contributed by atoms with Crippen molar-refractivity contribution in [2.24, 2.45) is 5.73 Å². The molecule has 0 aromatic heterocycles. The van der Waals surface area contributed by atoms with E-state index in [0.717, 1.165) is 24.1 Å². The molecule has 0 aliphatic carbocycles. The molecule has 0 bridgehead atoms. The standard InChI is InChI=1S/C18H26ClN3O/c1-5-6-14(8-7-13(20)9-11(2)3)22-15-10-12(4)18(23)16(19)17(15)21/h7-10,22-23H,5-6,20-21H2,1-4H3/b13-7+,14-8+. The molecule has 0 saturated carbocycles. The Labute approximate surface area is 143 Å². The van der Waals surface area contributed by atoms with Gasteiger partial charge in [-0.3, -0.25) is 0 Å². The van der Waals surface area contributed by atoms with Gasteiger partial charge < -0.3 is 21.9 Å². The fraction of sp³-hybridized carbons (Fsp3) is 0.333. The van der Waals surface area contributed by atoms with E-state index in [1.807, 2.05) is 32.1 Å². The van der Waals surface area contributed by atoms with Gasteiger partial charge in [0.25, 0.3) is 0 Å². The van der Waals surface area contributed by atoms with Gasteiger partial charge in [-0.15, -0.1) is 0 Å². The number of hydrogen-bond acceptors (Lipinski definition) is 4. The number of halogens is 1. The summed E-state index contributed by atoms with van der Waals surface area (Å²) in [6.07, 6.45) is 7.52. The highest BCUT2D eigenvalue weighted by Gasteiger charge is 2.12. The van der Waals surface area contributed by atoms with E-state index in [2.05, 4.69) is 12.2 Å². The molecule has 4 nitrogen and oxygen atoms in total. The second kappa shape index (κ2) is 8.53. The topological polar surface area (TPSA) is 84.3 Å². The molecule has 0 spiro atoms. The number of nitrogens with one attached hydrogen (secondary N) is 1. The Morgan fingerprint density at radius 2 is 2.00 bits per heavy atom. The van der Waals surface area contributed by atoms with Gasteiger partial charge in [0.2, 0.25) is 0 Å². The van der Waals surface area contributed by atoms with Crippen LogP contribution in [0.1, 0.15) is 39.2 Å². The number of nitrogens with two attached hydrogens (primary N) is 2. The second-order valence-electron chi connectivity index (χ2n) is 5.77. The zero-order chi connectivity index (χ0) is 17.6. The summed E-state index contributed by atoms with van der Waals surface area (Å²) in [5.41, 5.74) is 16.4. The highest BCUT2D eigenvalue weighted by molar-refractivity contribution is 6.35. The molecule has 0 fully saturated rings. The molecular weight excluding hydrogens is 310 g/mol. The molecule has 0 saturated heterocycles. The van der Waals surface area contributed by atoms with Crippen molar-refractivity contribution in [2.75, 3.05) is 11.1 Å². The average molecular weight is 336 g/mol. The van der Waals surface area contributed by atoms with E-state index in [4.69, 9.17) is 23.1 Å². The molecule has 1 rings (SSSR count). The van der Waals surface area contributed by atoms with E-state index < -0.39 is 0 Å². The number of phenols is 1. The first-order valence-electron chi connectivity index (χ1n) is 7.62. The summed E-state index contributed by atoms with van der Waals surface area (Å²) in [5.74, 6) is 0.0171. The van der Waals surface area contributed by atoms with Crippen molar-refractivity contribution in [1.29, 1.82) is 0 Å². The van der Waals surface area contributed by atoms with E-state index in [0.29, 0.717) is 22.6 Å². The first-order chi connectivity index (χ1) is 10.8. The van der Waals surface area contributed by atoms with Crippen LogP contribution >= 0.6 is 11.6 Å². The first kappa shape index (κ1) is 19.0. The lowest BCUT2D eigenvalue weighted by molar-refractivity contribution is 0.472. The van der Waals surface area contributed by atoms with E-state index in [1.165, 1.54) is 0 Å². The summed E-state index contributed by atoms with van der Waals surface area (Å²) in [6, 6.07) is 1.78. The molecule has 0 aliphatic rings. The minimum absolute atomic E-state index is 0.0171. The number of aryl methyl sites for hydroxylation is 1. The second-order valence-corrected chi connectivity index (χ2v) is 6.15. The molecule has 126 valence electrons. The minimum Gasteiger partial charge on any atom is -0.506 e. The van der Waals surface area contributed by atoms with Crippen LogP contribution < -0.4 is 16.8 Å². The Balaban J connectivity index is 3.13. The van der Waals surface area contributed by atoms with Crippen LogP contribution in [0.25, 0.3) is 0 Å². The molecular formula is C18H26ClN3O. The minimum atomic E-state index is 0.0171. The monoisotopic (exact) mass is 335 g/mol. The third kappa shape index (κ3) is 5.57. The maximum Gasteiger partial charge on any atom is 0.139 e. The predicted molar refractivity (Wildman–Crippen MR) is 101 cm³/mol. The van der Waals surface area contributed by atoms with Crippen LogP contribution in [-0.2, 0) is 0 Å². The molecule has 1 aromatic carbocycles. The molecule has 0 atom stereocenters. The third-order valence-corrected chi connectivity index (χ3v) is 3.60. The summed E-state index contributed by atoms with van der Waals surface area (Å²) in [7, 11) is 0. The van der Waals surface area contributed by atoms with Crippen LogP contribution in [0.5, 0.6) is 5.75 Å². The molecule has 1 aromatic rings. The van der Waals surface area contributed by atoms with Crippen LogP contribution in [0.3, 0.4) is 0 Å². The van der Waals surface area contributed by atoms with Crippen LogP contribution in [0.15, 0.2) is 41.3 Å². The number of hydrogen-bond donors (Lipinski definition) is 4. The van der Waals surface area contributed by atoms with Crippen molar-refractivity contribution in [3.05, 3.63) is 51.8 Å². The predicted octanol–water partition coefficient (Wildman–Crippen LogP) is 4.84. The number of rotatable bonds is 6. The lowest BCUT2D eigenvalue weighted by Crippen LogP contribution is -2.04. The summed E-state index contributed by atoms with van der Waals surface area (Å²) in [6.45, 7) is 7.87. The van der Waals surface area contributed by atoms with Gasteiger partial charge in [0, 0.05) is 11.4 Å². The number of aromatic hydroxyl groups is 1. The van der Waals surface area contributed by atoms with Crippen molar-refractivity contribution >= 4 is 23.0 Å². The van der Waals surface area contributed by atoms with Crippen LogP contribution in [0.4, 0.5) is 11.4 Å². The van der Waals surface area contributed by atoms with Gasteiger partial charge in [0.1, 0.15) is 10.8 Å². The van der Waals surface area contributed by atoms with Gasteiger partial charge in [-0.25, -0.2) is 0 Å². The highest BCUT2D eigenvalue weighted by Crippen LogP contribution is 2.38. The maximum absolute atomic E-state index is 9.82. The lowest BCUT2D eigenvalue weighted by Gasteiger charge is -2.15. The van der Waals surface area contributed by atoms with Gasteiger partial charge in [-0.05, 0) is 57.0 Å². The number of nitrogen functional groups attached to an aromatic ring is 1. The summed E-state index contributed by atoms with van der Waals surface area (Å²) in [4.78, 5) is 0. The fourth-order valence-corrected chi connectivity index (χ4v) is 2.34. The normalized spacial score (nSPS) is 12.2. The van der Waals surface area contributed by atoms with Gasteiger partial charge >= 0.3 is 0 Å². The molecule has 5 heteroatoms. The summed E-state index contributed by atoms with van der Waals surface area (Å²) < 4.78 is 0. The number of anilines is 2. The summed E-state index contributed by atoms with van der Waals surface area (Å²) in [5, 5.41) is 13.3. The number of phenolic OH excluding ortho intramolecular Hbond substituents is 1. The van der Waals surface area contributed by atoms with Crippen LogP contribution in [-0.4, -0.2) is 5.11 Å². The lowest BCUT2D eigenvalue weighted by atomic mass is 10.1. The molecule has 0 unspecified atom stereocenters. The number of allylic oxidation sites excluding steroid dienone is 5. The Hall–Kier alpha value is -2.07. The molecule has 6 N–H and O–H groups in total. The third-order valence-electron chi connectivity index (χ3n) is 3.22. The molecule has 0 aliphatic heterocycles. The Kier molecular flexibility index (Phi) is 7.04. The Morgan fingerprint density at radius 3 is 2.57 bits per heavy atom. The molecule has 23 heavy (non-hydrogen) atoms. The zero-order valence-electron chi connectivity index (χ0n) is 14.2. The van der Waals surface area contributed by atoms with Crippen molar-refractivity contribution in [2.45, 2.75) is 40.5 Å². The quantitative estimate of drug-likeness (QED) is 0.340. The SMILES string of the molecule is CCC/C(=C\C=C(\N)C=C(C)C)Nc1cc(C)c(O)c(Cl)c1N. The van der Waals surface area contributed by atoms with E-state index in [9.17, 15) is 5.11 Å². The highest BCUT2D eigenvalue weighted by atomic mass is 35.5. The molecule has 0 amide bonds. The maximum atomic E-state index is 9.82. The summed E-state index contributed by atoms with van der Waals surface area (Å²) >= 11 is 6.06. The zero-order valence-corrected chi connectivity index (χ0v) is 15.0. The van der Waals surface area contributed by atoms with Crippen molar-refractivity contribution in [3.63, 3.8) is 0 Å². The van der Waals surface area contributed by atoms with Crippen molar-refractivity contribution in [3.8, 4) is 5.75 Å². The Bertz CT molecular complexity index is 657. The fourth-order valence-electron chi connectivity index (χ4n) is 2.09. The van der Waals surface area contributed by atoms with E-state index in [1.54, 1.807) is 13.0 Å². The van der Waals surface area contributed by atoms with Crippen molar-refractivity contribution in [1.82, 2.24) is 0 Å². The van der Waals surface area contributed by atoms with Gasteiger partial charge in [-0.2, -0.15) is 0 Å². The average Bonchev–Trinajstić information content (AvgIpc) is 2.47. The van der Waals surface area contributed by atoms with Crippen molar-refractivity contribution < 1.29 is 5.11 Å². The van der Waals surface area contributed by atoms with E-state index >= 15 is 0 Å². The van der Waals surface area contributed by atoms with Crippen LogP contribution in [0.2, 0.25) is 5.02 Å². The number of benzene rings is 1. The van der Waals surface area contributed by atoms with Crippen LogP contribution in [0, 0.1) is 6.92 Å². The van der Waals surface area contributed by atoms with Gasteiger partial charge in [0.05, 0.1) is 11.4 Å². The Morgan fingerprint density at radius 1 is 1.35 bits per heavy atom. The van der Waals surface area contributed by atoms with Gasteiger partial charge in [0.15, 0.2) is 0 Å². The molecule has 0 heterocycles. The smallest absolute Gasteiger partial charge is 0.139 e. The van der Waals surface area contributed by atoms with Gasteiger partial charge in [-0.1, -0.05) is 30.5 Å².